The maximum absolute atomic E-state index is 12.7. The second-order valence-corrected chi connectivity index (χ2v) is 10.1. The van der Waals surface area contributed by atoms with Crippen LogP contribution in [0.1, 0.15) is 48.9 Å². The highest BCUT2D eigenvalue weighted by molar-refractivity contribution is 7.09. The summed E-state index contributed by atoms with van der Waals surface area (Å²) in [5.41, 5.74) is 3.39. The minimum atomic E-state index is 0.105. The van der Waals surface area contributed by atoms with Crippen LogP contribution in [0.25, 0.3) is 0 Å². The number of nitrogens with zero attached hydrogens (tertiary/aromatic N) is 3. The summed E-state index contributed by atoms with van der Waals surface area (Å²) in [7, 11) is 0. The predicted molar refractivity (Wildman–Crippen MR) is 124 cm³/mol. The molecule has 1 aromatic heterocycles. The Morgan fingerprint density at radius 3 is 2.53 bits per heavy atom. The maximum Gasteiger partial charge on any atom is 0.227 e. The van der Waals surface area contributed by atoms with Gasteiger partial charge in [-0.3, -0.25) is 14.6 Å². The molecule has 2 aliphatic rings. The molecule has 1 N–H and O–H groups in total. The standard InChI is InChI=1S/C24H34N4OS/c1-18-4-3-11-28(14-18)15-20-5-7-22(8-6-20)26-24(29)21-9-12-27(13-10-21)16-23-17-30-19(2)25-23/h5-8,17-18,21H,3-4,9-16H2,1-2H3,(H,26,29). The number of nitrogens with one attached hydrogen (secondary N) is 1. The Kier molecular flexibility index (Phi) is 7.18. The number of anilines is 1. The molecular weight excluding hydrogens is 392 g/mol. The van der Waals surface area contributed by atoms with Gasteiger partial charge in [-0.2, -0.15) is 0 Å². The van der Waals surface area contributed by atoms with Crippen molar-refractivity contribution in [3.63, 3.8) is 0 Å². The summed E-state index contributed by atoms with van der Waals surface area (Å²) in [5.74, 6) is 1.07. The Hall–Kier alpha value is -1.76. The molecule has 2 aromatic rings. The summed E-state index contributed by atoms with van der Waals surface area (Å²) in [6, 6.07) is 8.43. The highest BCUT2D eigenvalue weighted by atomic mass is 32.1. The Bertz CT molecular complexity index is 826. The largest absolute Gasteiger partial charge is 0.326 e. The number of benzene rings is 1. The predicted octanol–water partition coefficient (Wildman–Crippen LogP) is 4.53. The fraction of sp³-hybridized carbons (Fsp3) is 0.583. The summed E-state index contributed by atoms with van der Waals surface area (Å²) in [6.07, 6.45) is 4.49. The number of hydrogen-bond acceptors (Lipinski definition) is 5. The third-order valence-electron chi connectivity index (χ3n) is 6.38. The first-order chi connectivity index (χ1) is 14.5. The van der Waals surface area contributed by atoms with Crippen LogP contribution in [-0.4, -0.2) is 46.9 Å². The quantitative estimate of drug-likeness (QED) is 0.737. The first kappa shape index (κ1) is 21.5. The van der Waals surface area contributed by atoms with Gasteiger partial charge in [0.05, 0.1) is 10.7 Å². The number of amides is 1. The highest BCUT2D eigenvalue weighted by Gasteiger charge is 2.25. The fourth-order valence-electron chi connectivity index (χ4n) is 4.69. The molecule has 6 heteroatoms. The third kappa shape index (κ3) is 5.90. The maximum atomic E-state index is 12.7. The Morgan fingerprint density at radius 1 is 1.10 bits per heavy atom. The Labute approximate surface area is 184 Å². The van der Waals surface area contributed by atoms with Crippen LogP contribution < -0.4 is 5.32 Å². The number of thiazole rings is 1. The lowest BCUT2D eigenvalue weighted by molar-refractivity contribution is -0.121. The molecule has 1 aromatic carbocycles. The first-order valence-electron chi connectivity index (χ1n) is 11.3. The topological polar surface area (TPSA) is 48.5 Å². The minimum absolute atomic E-state index is 0.105. The molecule has 162 valence electrons. The smallest absolute Gasteiger partial charge is 0.227 e. The van der Waals surface area contributed by atoms with E-state index in [-0.39, 0.29) is 11.8 Å². The summed E-state index contributed by atoms with van der Waals surface area (Å²) in [5, 5.41) is 6.40. The second-order valence-electron chi connectivity index (χ2n) is 9.08. The summed E-state index contributed by atoms with van der Waals surface area (Å²) in [4.78, 5) is 22.2. The lowest BCUT2D eigenvalue weighted by Crippen LogP contribution is -2.37. The summed E-state index contributed by atoms with van der Waals surface area (Å²) in [6.45, 7) is 10.6. The zero-order valence-electron chi connectivity index (χ0n) is 18.3. The van der Waals surface area contributed by atoms with Crippen molar-refractivity contribution < 1.29 is 4.79 Å². The normalized spacial score (nSPS) is 21.6. The van der Waals surface area contributed by atoms with Crippen LogP contribution in [0.5, 0.6) is 0 Å². The molecule has 1 atom stereocenters. The van der Waals surface area contributed by atoms with Crippen LogP contribution in [0, 0.1) is 18.8 Å². The van der Waals surface area contributed by atoms with Gasteiger partial charge in [-0.25, -0.2) is 4.98 Å². The van der Waals surface area contributed by atoms with Crippen LogP contribution in [0.3, 0.4) is 0 Å². The van der Waals surface area contributed by atoms with Crippen LogP contribution in [0.4, 0.5) is 5.69 Å². The number of carbonyl (C=O) groups is 1. The van der Waals surface area contributed by atoms with Crippen LogP contribution in [0.15, 0.2) is 29.6 Å². The van der Waals surface area contributed by atoms with Gasteiger partial charge in [0.2, 0.25) is 5.91 Å². The lowest BCUT2D eigenvalue weighted by atomic mass is 9.95. The van der Waals surface area contributed by atoms with E-state index < -0.39 is 0 Å². The lowest BCUT2D eigenvalue weighted by Gasteiger charge is -2.31. The van der Waals surface area contributed by atoms with Crippen molar-refractivity contribution in [1.29, 1.82) is 0 Å². The monoisotopic (exact) mass is 426 g/mol. The number of hydrogen-bond donors (Lipinski definition) is 1. The van der Waals surface area contributed by atoms with Crippen LogP contribution in [-0.2, 0) is 17.9 Å². The molecule has 1 amide bonds. The van der Waals surface area contributed by atoms with Crippen molar-refractivity contribution in [2.75, 3.05) is 31.5 Å². The molecule has 0 aliphatic carbocycles. The SMILES string of the molecule is Cc1nc(CN2CCC(C(=O)Nc3ccc(CN4CCCC(C)C4)cc3)CC2)cs1. The molecule has 0 radical (unpaired) electrons. The van der Waals surface area contributed by atoms with E-state index in [1.165, 1.54) is 31.5 Å². The van der Waals surface area contributed by atoms with Crippen molar-refractivity contribution in [1.82, 2.24) is 14.8 Å². The number of piperidine rings is 2. The van der Waals surface area contributed by atoms with E-state index in [4.69, 9.17) is 0 Å². The molecular formula is C24H34N4OS. The Balaban J connectivity index is 1.22. The van der Waals surface area contributed by atoms with Crippen molar-refractivity contribution in [3.8, 4) is 0 Å². The average molecular weight is 427 g/mol. The average Bonchev–Trinajstić information content (AvgIpc) is 3.14. The Morgan fingerprint density at radius 2 is 1.87 bits per heavy atom. The molecule has 5 nitrogen and oxygen atoms in total. The van der Waals surface area contributed by atoms with E-state index >= 15 is 0 Å². The van der Waals surface area contributed by atoms with Crippen molar-refractivity contribution >= 4 is 22.9 Å². The molecule has 0 saturated carbocycles. The van der Waals surface area contributed by atoms with Crippen LogP contribution >= 0.6 is 11.3 Å². The van der Waals surface area contributed by atoms with Gasteiger partial charge < -0.3 is 5.32 Å². The molecule has 2 aliphatic heterocycles. The molecule has 4 rings (SSSR count). The fourth-order valence-corrected chi connectivity index (χ4v) is 5.29. The third-order valence-corrected chi connectivity index (χ3v) is 7.20. The van der Waals surface area contributed by atoms with Crippen molar-refractivity contribution in [3.05, 3.63) is 45.9 Å². The van der Waals surface area contributed by atoms with Gasteiger partial charge >= 0.3 is 0 Å². The second kappa shape index (κ2) is 10.0. The number of aromatic nitrogens is 1. The number of rotatable bonds is 6. The molecule has 0 bridgehead atoms. The van der Waals surface area contributed by atoms with E-state index in [2.05, 4.69) is 56.7 Å². The van der Waals surface area contributed by atoms with E-state index in [9.17, 15) is 4.79 Å². The van der Waals surface area contributed by atoms with Crippen LogP contribution in [0.2, 0.25) is 0 Å². The van der Waals surface area contributed by atoms with Gasteiger partial charge in [0.15, 0.2) is 0 Å². The van der Waals surface area contributed by atoms with E-state index in [0.717, 1.165) is 61.3 Å². The minimum Gasteiger partial charge on any atom is -0.326 e. The molecule has 1 unspecified atom stereocenters. The molecule has 30 heavy (non-hydrogen) atoms. The van der Waals surface area contributed by atoms with E-state index in [0.29, 0.717) is 0 Å². The van der Waals surface area contributed by atoms with Gasteiger partial charge in [-0.05, 0) is 75.9 Å². The van der Waals surface area contributed by atoms with Crippen molar-refractivity contribution in [2.45, 2.75) is 52.6 Å². The molecule has 3 heterocycles. The first-order valence-corrected chi connectivity index (χ1v) is 12.2. The molecule has 2 fully saturated rings. The molecule has 2 saturated heterocycles. The van der Waals surface area contributed by atoms with Gasteiger partial charge in [0.1, 0.15) is 0 Å². The number of carbonyl (C=O) groups excluding carboxylic acids is 1. The summed E-state index contributed by atoms with van der Waals surface area (Å²) < 4.78 is 0. The van der Waals surface area contributed by atoms with Gasteiger partial charge in [-0.15, -0.1) is 11.3 Å². The summed E-state index contributed by atoms with van der Waals surface area (Å²) >= 11 is 1.71. The zero-order chi connectivity index (χ0) is 20.9. The van der Waals surface area contributed by atoms with Gasteiger partial charge in [0, 0.05) is 36.6 Å². The van der Waals surface area contributed by atoms with E-state index in [1.54, 1.807) is 11.3 Å². The molecule has 0 spiro atoms. The zero-order valence-corrected chi connectivity index (χ0v) is 19.1. The van der Waals surface area contributed by atoms with Gasteiger partial charge in [0.25, 0.3) is 0 Å². The number of aryl methyl sites for hydroxylation is 1. The van der Waals surface area contributed by atoms with Gasteiger partial charge in [-0.1, -0.05) is 19.1 Å². The van der Waals surface area contributed by atoms with Crippen molar-refractivity contribution in [2.24, 2.45) is 11.8 Å². The number of likely N-dealkylation sites (tertiary alicyclic amines) is 2. The highest BCUT2D eigenvalue weighted by Crippen LogP contribution is 2.22. The van der Waals surface area contributed by atoms with E-state index in [1.807, 2.05) is 6.92 Å².